The first-order valence-corrected chi connectivity index (χ1v) is 11.8. The van der Waals surface area contributed by atoms with E-state index in [1.54, 1.807) is 11.9 Å². The van der Waals surface area contributed by atoms with Gasteiger partial charge in [-0.2, -0.15) is 0 Å². The van der Waals surface area contributed by atoms with Crippen LogP contribution in [0.2, 0.25) is 5.02 Å². The van der Waals surface area contributed by atoms with Crippen LogP contribution in [0, 0.1) is 6.92 Å². The lowest BCUT2D eigenvalue weighted by atomic mass is 10.2. The molecule has 1 aliphatic rings. The predicted octanol–water partition coefficient (Wildman–Crippen LogP) is 4.77. The second-order valence-corrected chi connectivity index (χ2v) is 9.53. The third kappa shape index (κ3) is 5.41. The minimum Gasteiger partial charge on any atom is -0.486 e. The number of aromatic nitrogens is 2. The lowest BCUT2D eigenvalue weighted by Gasteiger charge is -2.21. The average molecular weight is 477 g/mol. The molecule has 0 bridgehead atoms. The van der Waals surface area contributed by atoms with Crippen molar-refractivity contribution in [2.75, 3.05) is 31.3 Å². The van der Waals surface area contributed by atoms with Gasteiger partial charge in [0.2, 0.25) is 11.0 Å². The van der Waals surface area contributed by atoms with Crippen molar-refractivity contribution in [1.29, 1.82) is 0 Å². The van der Waals surface area contributed by atoms with Crippen molar-refractivity contribution in [2.24, 2.45) is 0 Å². The fourth-order valence-corrected chi connectivity index (χ4v) is 4.84. The van der Waals surface area contributed by atoms with Gasteiger partial charge in [0.25, 0.3) is 0 Å². The lowest BCUT2D eigenvalue weighted by Crippen LogP contribution is -2.27. The van der Waals surface area contributed by atoms with Gasteiger partial charge in [-0.25, -0.2) is 0 Å². The van der Waals surface area contributed by atoms with Crippen LogP contribution in [0.3, 0.4) is 0 Å². The Morgan fingerprint density at radius 3 is 2.87 bits per heavy atom. The van der Waals surface area contributed by atoms with Gasteiger partial charge in [0.1, 0.15) is 13.2 Å². The molecule has 0 fully saturated rings. The standard InChI is InChI=1S/C21H21ClN4O3S2/c1-13-15(22)4-3-5-16(13)23-20-24-25-21(31-20)30-12-19(27)26(2)11-14-6-7-17-18(10-14)29-9-8-28-17/h3-7,10H,8-9,11-12H2,1-2H3,(H,23,24). The summed E-state index contributed by atoms with van der Waals surface area (Å²) < 4.78 is 11.9. The third-order valence-corrected chi connectivity index (χ3v) is 7.05. The molecule has 31 heavy (non-hydrogen) atoms. The number of amides is 1. The summed E-state index contributed by atoms with van der Waals surface area (Å²) in [7, 11) is 1.79. The second-order valence-electron chi connectivity index (χ2n) is 6.93. The van der Waals surface area contributed by atoms with Crippen molar-refractivity contribution >= 4 is 51.4 Å². The van der Waals surface area contributed by atoms with Gasteiger partial charge in [0.05, 0.1) is 5.75 Å². The van der Waals surface area contributed by atoms with Gasteiger partial charge < -0.3 is 19.7 Å². The highest BCUT2D eigenvalue weighted by Crippen LogP contribution is 2.32. The van der Waals surface area contributed by atoms with Crippen molar-refractivity contribution in [3.63, 3.8) is 0 Å². The molecule has 1 aromatic heterocycles. The number of nitrogens with one attached hydrogen (secondary N) is 1. The number of carbonyl (C=O) groups is 1. The number of carbonyl (C=O) groups excluding carboxylic acids is 1. The first kappa shape index (κ1) is 21.7. The summed E-state index contributed by atoms with van der Waals surface area (Å²) in [5, 5.41) is 12.9. The van der Waals surface area contributed by atoms with E-state index in [0.717, 1.165) is 32.7 Å². The lowest BCUT2D eigenvalue weighted by molar-refractivity contribution is -0.127. The van der Waals surface area contributed by atoms with Crippen LogP contribution in [-0.2, 0) is 11.3 Å². The average Bonchev–Trinajstić information content (AvgIpc) is 3.22. The van der Waals surface area contributed by atoms with E-state index >= 15 is 0 Å². The monoisotopic (exact) mass is 476 g/mol. The SMILES string of the molecule is Cc1c(Cl)cccc1Nc1nnc(SCC(=O)N(C)Cc2ccc3c(c2)OCCO3)s1. The van der Waals surface area contributed by atoms with Gasteiger partial charge in [0.15, 0.2) is 15.8 Å². The Labute approximate surface area is 193 Å². The van der Waals surface area contributed by atoms with E-state index in [9.17, 15) is 4.79 Å². The molecule has 0 unspecified atom stereocenters. The van der Waals surface area contributed by atoms with Crippen molar-refractivity contribution < 1.29 is 14.3 Å². The van der Waals surface area contributed by atoms with Crippen molar-refractivity contribution in [3.8, 4) is 11.5 Å². The van der Waals surface area contributed by atoms with Gasteiger partial charge in [-0.1, -0.05) is 46.8 Å². The first-order valence-electron chi connectivity index (χ1n) is 9.60. The van der Waals surface area contributed by atoms with E-state index in [1.165, 1.54) is 23.1 Å². The maximum absolute atomic E-state index is 12.6. The first-order chi connectivity index (χ1) is 15.0. The fourth-order valence-electron chi connectivity index (χ4n) is 2.96. The molecule has 2 heterocycles. The van der Waals surface area contributed by atoms with Gasteiger partial charge in [-0.05, 0) is 42.3 Å². The molecule has 0 aliphatic carbocycles. The minimum absolute atomic E-state index is 0.00952. The molecule has 1 amide bonds. The zero-order valence-electron chi connectivity index (χ0n) is 17.1. The van der Waals surface area contributed by atoms with E-state index in [1.807, 2.05) is 43.3 Å². The predicted molar refractivity (Wildman–Crippen MR) is 124 cm³/mol. The Kier molecular flexibility index (Phi) is 6.84. The van der Waals surface area contributed by atoms with Crippen LogP contribution >= 0.6 is 34.7 Å². The van der Waals surface area contributed by atoms with Crippen LogP contribution in [0.4, 0.5) is 10.8 Å². The Morgan fingerprint density at radius 2 is 2.03 bits per heavy atom. The molecule has 3 aromatic rings. The summed E-state index contributed by atoms with van der Waals surface area (Å²) >= 11 is 8.93. The molecule has 10 heteroatoms. The highest BCUT2D eigenvalue weighted by molar-refractivity contribution is 8.01. The molecule has 162 valence electrons. The zero-order valence-corrected chi connectivity index (χ0v) is 19.4. The summed E-state index contributed by atoms with van der Waals surface area (Å²) in [5.41, 5.74) is 2.82. The van der Waals surface area contributed by atoms with Crippen LogP contribution in [0.5, 0.6) is 11.5 Å². The van der Waals surface area contributed by atoms with Crippen LogP contribution < -0.4 is 14.8 Å². The summed E-state index contributed by atoms with van der Waals surface area (Å²) in [4.78, 5) is 14.3. The summed E-state index contributed by atoms with van der Waals surface area (Å²) in [6.45, 7) is 3.53. The van der Waals surface area contributed by atoms with Crippen LogP contribution in [-0.4, -0.2) is 47.0 Å². The van der Waals surface area contributed by atoms with Crippen LogP contribution in [0.15, 0.2) is 40.7 Å². The van der Waals surface area contributed by atoms with E-state index < -0.39 is 0 Å². The number of anilines is 2. The highest BCUT2D eigenvalue weighted by Gasteiger charge is 2.16. The maximum Gasteiger partial charge on any atom is 0.233 e. The van der Waals surface area contributed by atoms with Gasteiger partial charge in [-0.15, -0.1) is 10.2 Å². The second kappa shape index (κ2) is 9.76. The summed E-state index contributed by atoms with van der Waals surface area (Å²) in [6.07, 6.45) is 0. The number of halogens is 1. The highest BCUT2D eigenvalue weighted by atomic mass is 35.5. The maximum atomic E-state index is 12.6. The molecule has 1 aliphatic heterocycles. The molecule has 2 aromatic carbocycles. The third-order valence-electron chi connectivity index (χ3n) is 4.69. The van der Waals surface area contributed by atoms with E-state index in [4.69, 9.17) is 21.1 Å². The van der Waals surface area contributed by atoms with Crippen molar-refractivity contribution in [3.05, 3.63) is 52.5 Å². The molecule has 7 nitrogen and oxygen atoms in total. The summed E-state index contributed by atoms with van der Waals surface area (Å²) in [5.74, 6) is 1.76. The minimum atomic E-state index is 0.00952. The number of benzene rings is 2. The number of rotatable bonds is 7. The normalized spacial score (nSPS) is 12.5. The van der Waals surface area contributed by atoms with Crippen LogP contribution in [0.25, 0.3) is 0 Å². The smallest absolute Gasteiger partial charge is 0.233 e. The largest absolute Gasteiger partial charge is 0.486 e. The van der Waals surface area contributed by atoms with Crippen LogP contribution in [0.1, 0.15) is 11.1 Å². The Balaban J connectivity index is 1.30. The quantitative estimate of drug-likeness (QED) is 0.492. The molecular weight excluding hydrogens is 456 g/mol. The number of hydrogen-bond acceptors (Lipinski definition) is 8. The molecule has 0 saturated carbocycles. The summed E-state index contributed by atoms with van der Waals surface area (Å²) in [6, 6.07) is 11.4. The van der Waals surface area contributed by atoms with E-state index in [0.29, 0.717) is 29.9 Å². The Morgan fingerprint density at radius 1 is 1.23 bits per heavy atom. The topological polar surface area (TPSA) is 76.6 Å². The number of fused-ring (bicyclic) bond motifs is 1. The number of nitrogens with zero attached hydrogens (tertiary/aromatic N) is 3. The molecule has 0 saturated heterocycles. The molecule has 4 rings (SSSR count). The van der Waals surface area contributed by atoms with E-state index in [2.05, 4.69) is 15.5 Å². The van der Waals surface area contributed by atoms with E-state index in [-0.39, 0.29) is 11.7 Å². The molecule has 0 spiro atoms. The van der Waals surface area contributed by atoms with Gasteiger partial charge >= 0.3 is 0 Å². The fraction of sp³-hybridized carbons (Fsp3) is 0.286. The number of ether oxygens (including phenoxy) is 2. The van der Waals surface area contributed by atoms with Gasteiger partial charge in [-0.3, -0.25) is 4.79 Å². The molecule has 1 N–H and O–H groups in total. The van der Waals surface area contributed by atoms with Crippen molar-refractivity contribution in [2.45, 2.75) is 17.8 Å². The molecular formula is C21H21ClN4O3S2. The number of hydrogen-bond donors (Lipinski definition) is 1. The molecule has 0 atom stereocenters. The zero-order chi connectivity index (χ0) is 21.8. The molecule has 0 radical (unpaired) electrons. The van der Waals surface area contributed by atoms with Crippen molar-refractivity contribution in [1.82, 2.24) is 15.1 Å². The van der Waals surface area contributed by atoms with Gasteiger partial charge in [0, 0.05) is 24.3 Å². The Hall–Kier alpha value is -2.49. The Bertz CT molecular complexity index is 1090. The number of thioether (sulfide) groups is 1.